The molecule has 0 saturated heterocycles. The Morgan fingerprint density at radius 2 is 1.64 bits per heavy atom. The summed E-state index contributed by atoms with van der Waals surface area (Å²) in [5.41, 5.74) is -2.05. The van der Waals surface area contributed by atoms with Crippen molar-refractivity contribution in [2.75, 3.05) is 30.6 Å². The third-order valence-corrected chi connectivity index (χ3v) is 7.70. The molecular weight excluding hydrogens is 634 g/mol. The molecule has 3 aromatic rings. The minimum Gasteiger partial charge on any atom is -0.481 e. The fraction of sp³-hybridized carbons (Fsp3) is 0.452. The number of carbonyl (C=O) groups excluding carboxylic acids is 2. The number of fused-ring (bicyclic) bond motifs is 1. The molecule has 0 fully saturated rings. The first kappa shape index (κ1) is 35.2. The lowest BCUT2D eigenvalue weighted by Gasteiger charge is -2.43. The second-order valence-corrected chi connectivity index (χ2v) is 10.7. The molecule has 0 saturated carbocycles. The van der Waals surface area contributed by atoms with E-state index in [-0.39, 0.29) is 54.5 Å². The van der Waals surface area contributed by atoms with E-state index in [0.717, 1.165) is 0 Å². The van der Waals surface area contributed by atoms with Crippen LogP contribution in [0.5, 0.6) is 5.88 Å². The van der Waals surface area contributed by atoms with E-state index in [2.05, 4.69) is 20.3 Å². The molecule has 0 radical (unpaired) electrons. The summed E-state index contributed by atoms with van der Waals surface area (Å²) in [5, 5.41) is 2.51. The average Bonchev–Trinajstić information content (AvgIpc) is 3.04. The summed E-state index contributed by atoms with van der Waals surface area (Å²) in [6.07, 6.45) is -6.85. The third-order valence-electron chi connectivity index (χ3n) is 7.70. The number of amides is 2. The highest BCUT2D eigenvalue weighted by Gasteiger charge is 2.42. The Kier molecular flexibility index (Phi) is 10.8. The molecule has 10 nitrogen and oxygen atoms in total. The summed E-state index contributed by atoms with van der Waals surface area (Å²) in [5.74, 6) is -0.0627. The summed E-state index contributed by atoms with van der Waals surface area (Å²) < 4.78 is 93.4. The first-order valence-corrected chi connectivity index (χ1v) is 14.8. The van der Waals surface area contributed by atoms with Crippen molar-refractivity contribution in [3.8, 4) is 5.88 Å². The van der Waals surface area contributed by atoms with Gasteiger partial charge in [0.05, 0.1) is 42.3 Å². The highest BCUT2D eigenvalue weighted by molar-refractivity contribution is 5.90. The Labute approximate surface area is 267 Å². The quantitative estimate of drug-likeness (QED) is 0.244. The molecule has 1 aromatic carbocycles. The van der Waals surface area contributed by atoms with E-state index in [1.54, 1.807) is 13.0 Å². The number of aryl methyl sites for hydroxylation is 1. The van der Waals surface area contributed by atoms with Gasteiger partial charge in [-0.25, -0.2) is 19.7 Å². The molecule has 2 aromatic heterocycles. The maximum Gasteiger partial charge on any atom is 0.416 e. The number of aromatic nitrogens is 3. The Hall–Kier alpha value is -4.63. The zero-order valence-corrected chi connectivity index (χ0v) is 26.1. The second kappa shape index (κ2) is 14.4. The molecule has 16 heteroatoms. The van der Waals surface area contributed by atoms with E-state index in [1.165, 1.54) is 42.4 Å². The lowest BCUT2D eigenvalue weighted by atomic mass is 9.92. The summed E-state index contributed by atoms with van der Waals surface area (Å²) in [4.78, 5) is 41.2. The van der Waals surface area contributed by atoms with Gasteiger partial charge in [-0.15, -0.1) is 0 Å². The summed E-state index contributed by atoms with van der Waals surface area (Å²) in [7, 11) is 2.87. The van der Waals surface area contributed by atoms with E-state index in [1.807, 2.05) is 6.92 Å². The molecule has 254 valence electrons. The standard InChI is InChI=1S/C31H34F6N6O4/c1-5-22-14-24(27-23(8-10-26(41-27)46-4)43(22)29(45)47-6-2)42(28-39-15-18(16-40-28)7-9-25(44)38-3)17-19-11-20(30(32,33)34)13-21(12-19)31(35,36)37/h8,10-13,15-16,22,24H,5-7,9,14,17H2,1-4H3,(H,38,44)/t22?,24-/m0/s1. The number of rotatable bonds is 10. The number of hydrogen-bond donors (Lipinski definition) is 1. The molecule has 1 aliphatic rings. The highest BCUT2D eigenvalue weighted by atomic mass is 19.4. The first-order chi connectivity index (χ1) is 22.2. The average molecular weight is 669 g/mol. The number of nitrogens with zero attached hydrogens (tertiary/aromatic N) is 5. The molecule has 2 amide bonds. The molecule has 3 heterocycles. The molecule has 1 aliphatic heterocycles. The maximum absolute atomic E-state index is 13.8. The fourth-order valence-electron chi connectivity index (χ4n) is 5.38. The molecule has 0 bridgehead atoms. The van der Waals surface area contributed by atoms with Crippen LogP contribution in [0.4, 0.5) is 42.8 Å². The lowest BCUT2D eigenvalue weighted by molar-refractivity contribution is -0.143. The van der Waals surface area contributed by atoms with E-state index < -0.39 is 48.2 Å². The van der Waals surface area contributed by atoms with Crippen LogP contribution in [0, 0.1) is 0 Å². The molecule has 0 aliphatic carbocycles. The normalized spacial score (nSPS) is 16.3. The van der Waals surface area contributed by atoms with Gasteiger partial charge in [-0.05, 0) is 61.6 Å². The molecular formula is C31H34F6N6O4. The van der Waals surface area contributed by atoms with Gasteiger partial charge in [-0.1, -0.05) is 6.92 Å². The number of nitrogens with one attached hydrogen (secondary N) is 1. The van der Waals surface area contributed by atoms with E-state index in [4.69, 9.17) is 9.47 Å². The van der Waals surface area contributed by atoms with Crippen LogP contribution in [0.25, 0.3) is 0 Å². The van der Waals surface area contributed by atoms with Crippen LogP contribution in [0.15, 0.2) is 42.7 Å². The second-order valence-electron chi connectivity index (χ2n) is 10.7. The summed E-state index contributed by atoms with van der Waals surface area (Å²) in [6.45, 7) is 3.10. The van der Waals surface area contributed by atoms with Crippen molar-refractivity contribution in [3.05, 3.63) is 70.7 Å². The van der Waals surface area contributed by atoms with E-state index >= 15 is 0 Å². The third kappa shape index (κ3) is 8.21. The number of anilines is 2. The van der Waals surface area contributed by atoms with Gasteiger partial charge in [0.15, 0.2) is 0 Å². The zero-order valence-electron chi connectivity index (χ0n) is 26.1. The Bertz CT molecular complexity index is 1540. The van der Waals surface area contributed by atoms with Crippen LogP contribution < -0.4 is 19.9 Å². The van der Waals surface area contributed by atoms with Gasteiger partial charge < -0.3 is 19.7 Å². The topological polar surface area (TPSA) is 110 Å². The molecule has 47 heavy (non-hydrogen) atoms. The number of halogens is 6. The largest absolute Gasteiger partial charge is 0.481 e. The van der Waals surface area contributed by atoms with Crippen molar-refractivity contribution in [2.45, 2.75) is 70.5 Å². The van der Waals surface area contributed by atoms with Gasteiger partial charge in [0.25, 0.3) is 0 Å². The maximum atomic E-state index is 13.8. The Morgan fingerprint density at radius 3 is 2.17 bits per heavy atom. The van der Waals surface area contributed by atoms with Crippen molar-refractivity contribution < 1.29 is 45.4 Å². The SMILES string of the molecule is CCOC(=O)N1c2ccc(OC)nc2[C@@H](N(Cc2cc(C(F)(F)F)cc(C(F)(F)F)c2)c2ncc(CCC(=O)NC)cn2)CC1CC. The van der Waals surface area contributed by atoms with Crippen molar-refractivity contribution in [1.82, 2.24) is 20.3 Å². The lowest BCUT2D eigenvalue weighted by Crippen LogP contribution is -2.48. The van der Waals surface area contributed by atoms with Gasteiger partial charge in [-0.2, -0.15) is 26.3 Å². The minimum atomic E-state index is -5.05. The molecule has 0 spiro atoms. The van der Waals surface area contributed by atoms with Crippen LogP contribution in [-0.4, -0.2) is 53.8 Å². The van der Waals surface area contributed by atoms with Crippen LogP contribution in [0.3, 0.4) is 0 Å². The molecule has 1 N–H and O–H groups in total. The predicted octanol–water partition coefficient (Wildman–Crippen LogP) is 6.49. The fourth-order valence-corrected chi connectivity index (χ4v) is 5.38. The number of methoxy groups -OCH3 is 1. The highest BCUT2D eigenvalue weighted by Crippen LogP contribution is 2.44. The van der Waals surface area contributed by atoms with Gasteiger partial charge in [0, 0.05) is 44.5 Å². The molecule has 4 rings (SSSR count). The Morgan fingerprint density at radius 1 is 1.00 bits per heavy atom. The predicted molar refractivity (Wildman–Crippen MR) is 159 cm³/mol. The van der Waals surface area contributed by atoms with E-state index in [9.17, 15) is 35.9 Å². The summed E-state index contributed by atoms with van der Waals surface area (Å²) >= 11 is 0. The van der Waals surface area contributed by atoms with Crippen LogP contribution in [0.1, 0.15) is 67.1 Å². The van der Waals surface area contributed by atoms with Crippen LogP contribution >= 0.6 is 0 Å². The minimum absolute atomic E-state index is 0.0142. The number of pyridine rings is 1. The van der Waals surface area contributed by atoms with Crippen LogP contribution in [0.2, 0.25) is 0 Å². The molecule has 2 atom stereocenters. The number of benzene rings is 1. The summed E-state index contributed by atoms with van der Waals surface area (Å²) in [6, 6.07) is 3.18. The number of ether oxygens (including phenoxy) is 2. The van der Waals surface area contributed by atoms with Gasteiger partial charge in [0.2, 0.25) is 17.7 Å². The first-order valence-electron chi connectivity index (χ1n) is 14.8. The van der Waals surface area contributed by atoms with E-state index in [0.29, 0.717) is 36.2 Å². The van der Waals surface area contributed by atoms with Gasteiger partial charge in [-0.3, -0.25) is 9.69 Å². The Balaban J connectivity index is 1.89. The van der Waals surface area contributed by atoms with Crippen molar-refractivity contribution in [2.24, 2.45) is 0 Å². The van der Waals surface area contributed by atoms with Crippen molar-refractivity contribution >= 4 is 23.6 Å². The zero-order chi connectivity index (χ0) is 34.5. The monoisotopic (exact) mass is 668 g/mol. The number of carbonyl (C=O) groups is 2. The smallest absolute Gasteiger partial charge is 0.416 e. The van der Waals surface area contributed by atoms with Crippen molar-refractivity contribution in [3.63, 3.8) is 0 Å². The van der Waals surface area contributed by atoms with Gasteiger partial charge >= 0.3 is 18.4 Å². The van der Waals surface area contributed by atoms with Crippen molar-refractivity contribution in [1.29, 1.82) is 0 Å². The number of hydrogen-bond acceptors (Lipinski definition) is 8. The molecule has 1 unspecified atom stereocenters. The van der Waals surface area contributed by atoms with Crippen LogP contribution in [-0.2, 0) is 34.8 Å². The number of alkyl halides is 6. The van der Waals surface area contributed by atoms with Gasteiger partial charge in [0.1, 0.15) is 0 Å².